The molecule has 1 unspecified atom stereocenters. The lowest BCUT2D eigenvalue weighted by Gasteiger charge is -2.09. The molecule has 0 amide bonds. The fourth-order valence-electron chi connectivity index (χ4n) is 1.43. The highest BCUT2D eigenvalue weighted by Gasteiger charge is 2.12. The van der Waals surface area contributed by atoms with Gasteiger partial charge in [-0.1, -0.05) is 12.1 Å². The molecule has 0 bridgehead atoms. The van der Waals surface area contributed by atoms with Gasteiger partial charge < -0.3 is 9.84 Å². The number of ether oxygens (including phenoxy) is 1. The monoisotopic (exact) mass is 219 g/mol. The second-order valence-corrected chi connectivity index (χ2v) is 3.39. The number of aliphatic carboxylic acids is 1. The lowest BCUT2D eigenvalue weighted by molar-refractivity contribution is -0.137. The summed E-state index contributed by atoms with van der Waals surface area (Å²) in [7, 11) is 1.55. The molecule has 0 radical (unpaired) electrons. The van der Waals surface area contributed by atoms with Gasteiger partial charge in [0.25, 0.3) is 0 Å². The number of methoxy groups -OCH3 is 1. The molecule has 0 heterocycles. The van der Waals surface area contributed by atoms with E-state index in [0.717, 1.165) is 5.56 Å². The number of nitrogens with zero attached hydrogens (tertiary/aromatic N) is 1. The summed E-state index contributed by atoms with van der Waals surface area (Å²) in [6.07, 6.45) is 0.314. The Morgan fingerprint density at radius 2 is 2.38 bits per heavy atom. The number of carbonyl (C=O) groups is 1. The SMILES string of the molecule is COc1cccc(C(C#N)CCC(=O)O)c1. The van der Waals surface area contributed by atoms with Crippen molar-refractivity contribution in [3.05, 3.63) is 29.8 Å². The van der Waals surface area contributed by atoms with Gasteiger partial charge in [0.2, 0.25) is 0 Å². The highest BCUT2D eigenvalue weighted by Crippen LogP contribution is 2.24. The first-order chi connectivity index (χ1) is 7.67. The minimum absolute atomic E-state index is 0.00453. The van der Waals surface area contributed by atoms with Crippen molar-refractivity contribution in [2.45, 2.75) is 18.8 Å². The van der Waals surface area contributed by atoms with Crippen LogP contribution in [0.25, 0.3) is 0 Å². The van der Waals surface area contributed by atoms with E-state index in [4.69, 9.17) is 15.1 Å². The van der Waals surface area contributed by atoms with Gasteiger partial charge in [0, 0.05) is 6.42 Å². The van der Waals surface area contributed by atoms with Crippen molar-refractivity contribution in [1.29, 1.82) is 5.26 Å². The first-order valence-corrected chi connectivity index (χ1v) is 4.92. The van der Waals surface area contributed by atoms with Gasteiger partial charge in [0.05, 0.1) is 19.1 Å². The zero-order valence-corrected chi connectivity index (χ0v) is 9.01. The van der Waals surface area contributed by atoms with Crippen LogP contribution in [0.5, 0.6) is 5.75 Å². The summed E-state index contributed by atoms with van der Waals surface area (Å²) < 4.78 is 5.05. The van der Waals surface area contributed by atoms with Crippen molar-refractivity contribution in [2.75, 3.05) is 7.11 Å². The summed E-state index contributed by atoms with van der Waals surface area (Å²) in [5.74, 6) is -0.609. The van der Waals surface area contributed by atoms with Crippen molar-refractivity contribution in [3.8, 4) is 11.8 Å². The highest BCUT2D eigenvalue weighted by atomic mass is 16.5. The average Bonchev–Trinajstić information content (AvgIpc) is 2.30. The number of hydrogen-bond donors (Lipinski definition) is 1. The normalized spacial score (nSPS) is 11.5. The molecule has 0 aliphatic rings. The van der Waals surface area contributed by atoms with Crippen LogP contribution in [0.1, 0.15) is 24.3 Å². The van der Waals surface area contributed by atoms with E-state index in [1.807, 2.05) is 0 Å². The quantitative estimate of drug-likeness (QED) is 0.823. The van der Waals surface area contributed by atoms with E-state index >= 15 is 0 Å². The summed E-state index contributed by atoms with van der Waals surface area (Å²) >= 11 is 0. The van der Waals surface area contributed by atoms with Gasteiger partial charge in [0.1, 0.15) is 5.75 Å². The number of rotatable bonds is 5. The van der Waals surface area contributed by atoms with Gasteiger partial charge >= 0.3 is 5.97 Å². The van der Waals surface area contributed by atoms with Crippen LogP contribution in [0.3, 0.4) is 0 Å². The molecule has 0 spiro atoms. The van der Waals surface area contributed by atoms with Gasteiger partial charge in [-0.15, -0.1) is 0 Å². The maximum absolute atomic E-state index is 10.4. The van der Waals surface area contributed by atoms with E-state index in [1.165, 1.54) is 0 Å². The third kappa shape index (κ3) is 3.28. The molecule has 0 aliphatic heterocycles. The Hall–Kier alpha value is -2.02. The summed E-state index contributed by atoms with van der Waals surface area (Å²) in [5.41, 5.74) is 0.795. The van der Waals surface area contributed by atoms with E-state index in [-0.39, 0.29) is 6.42 Å². The van der Waals surface area contributed by atoms with Gasteiger partial charge in [-0.2, -0.15) is 5.26 Å². The summed E-state index contributed by atoms with van der Waals surface area (Å²) in [6, 6.07) is 9.25. The number of carboxylic acids is 1. The van der Waals surface area contributed by atoms with Crippen LogP contribution in [-0.4, -0.2) is 18.2 Å². The molecule has 84 valence electrons. The molecule has 0 saturated heterocycles. The summed E-state index contributed by atoms with van der Waals surface area (Å²) in [5, 5.41) is 17.5. The molecule has 0 fully saturated rings. The summed E-state index contributed by atoms with van der Waals surface area (Å²) in [6.45, 7) is 0. The predicted molar refractivity (Wildman–Crippen MR) is 58.2 cm³/mol. The molecule has 0 saturated carbocycles. The van der Waals surface area contributed by atoms with Crippen LogP contribution >= 0.6 is 0 Å². The largest absolute Gasteiger partial charge is 0.497 e. The molecule has 16 heavy (non-hydrogen) atoms. The first kappa shape index (κ1) is 12.1. The average molecular weight is 219 g/mol. The lowest BCUT2D eigenvalue weighted by atomic mass is 9.95. The molecule has 1 aromatic carbocycles. The second-order valence-electron chi connectivity index (χ2n) is 3.39. The van der Waals surface area contributed by atoms with E-state index < -0.39 is 11.9 Å². The third-order valence-corrected chi connectivity index (χ3v) is 2.30. The molecule has 1 aromatic rings. The van der Waals surface area contributed by atoms with Crippen molar-refractivity contribution >= 4 is 5.97 Å². The maximum atomic E-state index is 10.4. The van der Waals surface area contributed by atoms with Crippen LogP contribution in [0, 0.1) is 11.3 Å². The molecule has 4 nitrogen and oxygen atoms in total. The van der Waals surface area contributed by atoms with E-state index in [9.17, 15) is 4.79 Å². The van der Waals surface area contributed by atoms with Crippen LogP contribution in [-0.2, 0) is 4.79 Å². The zero-order valence-electron chi connectivity index (χ0n) is 9.01. The molecule has 1 rings (SSSR count). The lowest BCUT2D eigenvalue weighted by Crippen LogP contribution is -2.01. The topological polar surface area (TPSA) is 70.3 Å². The van der Waals surface area contributed by atoms with Crippen LogP contribution in [0.2, 0.25) is 0 Å². The smallest absolute Gasteiger partial charge is 0.303 e. The molecule has 1 atom stereocenters. The third-order valence-electron chi connectivity index (χ3n) is 2.30. The Morgan fingerprint density at radius 1 is 1.62 bits per heavy atom. The molecule has 0 aromatic heterocycles. The van der Waals surface area contributed by atoms with E-state index in [0.29, 0.717) is 12.2 Å². The van der Waals surface area contributed by atoms with Crippen molar-refractivity contribution < 1.29 is 14.6 Å². The minimum Gasteiger partial charge on any atom is -0.497 e. The fourth-order valence-corrected chi connectivity index (χ4v) is 1.43. The number of hydrogen-bond acceptors (Lipinski definition) is 3. The molecule has 0 aliphatic carbocycles. The Bertz CT molecular complexity index is 409. The van der Waals surface area contributed by atoms with Crippen LogP contribution < -0.4 is 4.74 Å². The predicted octanol–water partition coefficient (Wildman–Crippen LogP) is 2.17. The molecular weight excluding hydrogens is 206 g/mol. The van der Waals surface area contributed by atoms with E-state index in [1.54, 1.807) is 31.4 Å². The first-order valence-electron chi connectivity index (χ1n) is 4.92. The van der Waals surface area contributed by atoms with Gasteiger partial charge in [0.15, 0.2) is 0 Å². The molecule has 4 heteroatoms. The van der Waals surface area contributed by atoms with Gasteiger partial charge in [-0.3, -0.25) is 4.79 Å². The number of benzene rings is 1. The zero-order chi connectivity index (χ0) is 12.0. The van der Waals surface area contributed by atoms with Gasteiger partial charge in [-0.25, -0.2) is 0 Å². The second kappa shape index (κ2) is 5.76. The standard InChI is InChI=1S/C12H13NO3/c1-16-11-4-2-3-9(7-11)10(8-13)5-6-12(14)15/h2-4,7,10H,5-6H2,1H3,(H,14,15). The van der Waals surface area contributed by atoms with Crippen molar-refractivity contribution in [2.24, 2.45) is 0 Å². The van der Waals surface area contributed by atoms with Crippen LogP contribution in [0.15, 0.2) is 24.3 Å². The highest BCUT2D eigenvalue weighted by molar-refractivity contribution is 5.66. The van der Waals surface area contributed by atoms with E-state index in [2.05, 4.69) is 6.07 Å². The van der Waals surface area contributed by atoms with Crippen molar-refractivity contribution in [3.63, 3.8) is 0 Å². The molecule has 1 N–H and O–H groups in total. The Kier molecular flexibility index (Phi) is 4.34. The number of nitriles is 1. The maximum Gasteiger partial charge on any atom is 0.303 e. The molecular formula is C12H13NO3. The van der Waals surface area contributed by atoms with Crippen LogP contribution in [0.4, 0.5) is 0 Å². The Balaban J connectivity index is 2.79. The Labute approximate surface area is 94.1 Å². The minimum atomic E-state index is -0.886. The van der Waals surface area contributed by atoms with Gasteiger partial charge in [-0.05, 0) is 24.1 Å². The van der Waals surface area contributed by atoms with Crippen molar-refractivity contribution in [1.82, 2.24) is 0 Å². The fraction of sp³-hybridized carbons (Fsp3) is 0.333. The Morgan fingerprint density at radius 3 is 2.94 bits per heavy atom. The summed E-state index contributed by atoms with van der Waals surface area (Å²) in [4.78, 5) is 10.4. The number of carboxylic acid groups (broad SMARTS) is 1.